The fourth-order valence-electron chi connectivity index (χ4n) is 1.54. The lowest BCUT2D eigenvalue weighted by Gasteiger charge is -2.18. The zero-order valence-electron chi connectivity index (χ0n) is 10.4. The Kier molecular flexibility index (Phi) is 5.02. The van der Waals surface area contributed by atoms with Crippen molar-refractivity contribution in [1.82, 2.24) is 5.32 Å². The van der Waals surface area contributed by atoms with Gasteiger partial charge in [0, 0.05) is 12.6 Å². The minimum Gasteiger partial charge on any atom is -0.386 e. The topological polar surface area (TPSA) is 32.3 Å². The Morgan fingerprint density at radius 2 is 1.88 bits per heavy atom. The molecule has 0 bridgehead atoms. The van der Waals surface area contributed by atoms with Crippen LogP contribution in [0, 0.1) is 13.8 Å². The molecule has 2 unspecified atom stereocenters. The van der Waals surface area contributed by atoms with Gasteiger partial charge in [0.05, 0.1) is 0 Å². The van der Waals surface area contributed by atoms with Crippen molar-refractivity contribution in [2.24, 2.45) is 0 Å². The van der Waals surface area contributed by atoms with Gasteiger partial charge in [0.1, 0.15) is 6.10 Å². The first-order chi connectivity index (χ1) is 7.91. The molecule has 0 aromatic heterocycles. The lowest BCUT2D eigenvalue weighted by Crippen LogP contribution is -2.33. The van der Waals surface area contributed by atoms with E-state index in [9.17, 15) is 8.78 Å². The fourth-order valence-corrected chi connectivity index (χ4v) is 1.54. The minimum atomic E-state index is -2.70. The standard InChI is InChI=1S/C13H19F2NO/c1-8-4-5-11(6-9(8)2)10(3)16-7-12(17)13(14)15/h4-6,10,12-13,16-17H,7H2,1-3H3. The second-order valence-corrected chi connectivity index (χ2v) is 4.38. The highest BCUT2D eigenvalue weighted by molar-refractivity contribution is 5.31. The van der Waals surface area contributed by atoms with Crippen molar-refractivity contribution >= 4 is 0 Å². The predicted molar refractivity (Wildman–Crippen MR) is 64.3 cm³/mol. The van der Waals surface area contributed by atoms with Crippen LogP contribution >= 0.6 is 0 Å². The molecule has 0 saturated heterocycles. The lowest BCUT2D eigenvalue weighted by molar-refractivity contribution is -0.00439. The number of halogens is 2. The highest BCUT2D eigenvalue weighted by Gasteiger charge is 2.17. The van der Waals surface area contributed by atoms with Crippen LogP contribution in [-0.2, 0) is 0 Å². The molecule has 2 atom stereocenters. The smallest absolute Gasteiger partial charge is 0.265 e. The Morgan fingerprint density at radius 1 is 1.24 bits per heavy atom. The molecule has 0 radical (unpaired) electrons. The molecule has 0 spiro atoms. The molecule has 17 heavy (non-hydrogen) atoms. The van der Waals surface area contributed by atoms with Crippen molar-refractivity contribution in [2.75, 3.05) is 6.54 Å². The van der Waals surface area contributed by atoms with Gasteiger partial charge in [0.15, 0.2) is 0 Å². The van der Waals surface area contributed by atoms with Crippen molar-refractivity contribution in [3.63, 3.8) is 0 Å². The van der Waals surface area contributed by atoms with Crippen LogP contribution in [0.4, 0.5) is 8.78 Å². The first-order valence-corrected chi connectivity index (χ1v) is 5.68. The number of aliphatic hydroxyl groups is 1. The second kappa shape index (κ2) is 6.07. The number of hydrogen-bond acceptors (Lipinski definition) is 2. The molecule has 0 amide bonds. The molecule has 0 fully saturated rings. The Hall–Kier alpha value is -1.00. The number of hydrogen-bond donors (Lipinski definition) is 2. The van der Waals surface area contributed by atoms with E-state index in [-0.39, 0.29) is 12.6 Å². The van der Waals surface area contributed by atoms with E-state index in [1.54, 1.807) is 0 Å². The zero-order chi connectivity index (χ0) is 13.0. The summed E-state index contributed by atoms with van der Waals surface area (Å²) in [7, 11) is 0. The largest absolute Gasteiger partial charge is 0.386 e. The number of rotatable bonds is 5. The molecule has 1 aromatic rings. The molecule has 96 valence electrons. The maximum absolute atomic E-state index is 12.1. The fraction of sp³-hybridized carbons (Fsp3) is 0.538. The third-order valence-electron chi connectivity index (χ3n) is 2.96. The summed E-state index contributed by atoms with van der Waals surface area (Å²) in [5.74, 6) is 0. The van der Waals surface area contributed by atoms with Crippen molar-refractivity contribution in [2.45, 2.75) is 39.3 Å². The summed E-state index contributed by atoms with van der Waals surface area (Å²) in [6.45, 7) is 5.82. The number of aryl methyl sites for hydroxylation is 2. The molecule has 0 saturated carbocycles. The highest BCUT2D eigenvalue weighted by Crippen LogP contribution is 2.16. The first-order valence-electron chi connectivity index (χ1n) is 5.68. The van der Waals surface area contributed by atoms with E-state index in [1.165, 1.54) is 11.1 Å². The van der Waals surface area contributed by atoms with Gasteiger partial charge in [0.25, 0.3) is 6.43 Å². The third-order valence-corrected chi connectivity index (χ3v) is 2.96. The number of aliphatic hydroxyl groups excluding tert-OH is 1. The second-order valence-electron chi connectivity index (χ2n) is 4.38. The quantitative estimate of drug-likeness (QED) is 0.833. The van der Waals surface area contributed by atoms with Gasteiger partial charge in [-0.25, -0.2) is 8.78 Å². The van der Waals surface area contributed by atoms with Crippen LogP contribution in [0.15, 0.2) is 18.2 Å². The SMILES string of the molecule is Cc1ccc(C(C)NCC(O)C(F)F)cc1C. The lowest BCUT2D eigenvalue weighted by atomic mass is 10.0. The van der Waals surface area contributed by atoms with Crippen molar-refractivity contribution in [3.05, 3.63) is 34.9 Å². The van der Waals surface area contributed by atoms with E-state index < -0.39 is 12.5 Å². The van der Waals surface area contributed by atoms with Gasteiger partial charge in [-0.05, 0) is 37.5 Å². The monoisotopic (exact) mass is 243 g/mol. The Morgan fingerprint density at radius 3 is 2.41 bits per heavy atom. The van der Waals surface area contributed by atoms with Crippen molar-refractivity contribution in [1.29, 1.82) is 0 Å². The average Bonchev–Trinajstić information content (AvgIpc) is 2.28. The third kappa shape index (κ3) is 4.06. The molecule has 4 heteroatoms. The normalized spacial score (nSPS) is 15.0. The Labute approximate surface area is 101 Å². The number of benzene rings is 1. The van der Waals surface area contributed by atoms with E-state index >= 15 is 0 Å². The number of alkyl halides is 2. The van der Waals surface area contributed by atoms with Crippen LogP contribution < -0.4 is 5.32 Å². The molecule has 0 aliphatic rings. The summed E-state index contributed by atoms with van der Waals surface area (Å²) < 4.78 is 24.2. The molecule has 0 heterocycles. The van der Waals surface area contributed by atoms with E-state index in [2.05, 4.69) is 5.32 Å². The molecule has 2 nitrogen and oxygen atoms in total. The van der Waals surface area contributed by atoms with E-state index in [0.717, 1.165) is 5.56 Å². The summed E-state index contributed by atoms with van der Waals surface area (Å²) in [4.78, 5) is 0. The molecular formula is C13H19F2NO. The molecular weight excluding hydrogens is 224 g/mol. The van der Waals surface area contributed by atoms with Gasteiger partial charge in [-0.15, -0.1) is 0 Å². The van der Waals surface area contributed by atoms with E-state index in [4.69, 9.17) is 5.11 Å². The summed E-state index contributed by atoms with van der Waals surface area (Å²) in [6.07, 6.45) is -4.31. The number of nitrogens with one attached hydrogen (secondary N) is 1. The van der Waals surface area contributed by atoms with Gasteiger partial charge >= 0.3 is 0 Å². The zero-order valence-corrected chi connectivity index (χ0v) is 10.4. The maximum Gasteiger partial charge on any atom is 0.265 e. The van der Waals surface area contributed by atoms with Crippen LogP contribution in [0.2, 0.25) is 0 Å². The first kappa shape index (κ1) is 14.1. The summed E-state index contributed by atoms with van der Waals surface area (Å²) >= 11 is 0. The van der Waals surface area contributed by atoms with Crippen molar-refractivity contribution in [3.8, 4) is 0 Å². The van der Waals surface area contributed by atoms with Gasteiger partial charge in [0.2, 0.25) is 0 Å². The van der Waals surface area contributed by atoms with E-state index in [0.29, 0.717) is 0 Å². The van der Waals surface area contributed by atoms with Gasteiger partial charge in [-0.1, -0.05) is 18.2 Å². The van der Waals surface area contributed by atoms with Crippen molar-refractivity contribution < 1.29 is 13.9 Å². The summed E-state index contributed by atoms with van der Waals surface area (Å²) in [5, 5.41) is 11.9. The van der Waals surface area contributed by atoms with Gasteiger partial charge < -0.3 is 10.4 Å². The summed E-state index contributed by atoms with van der Waals surface area (Å²) in [6, 6.07) is 5.95. The van der Waals surface area contributed by atoms with Crippen LogP contribution in [0.25, 0.3) is 0 Å². The Bertz CT molecular complexity index is 368. The molecule has 2 N–H and O–H groups in total. The van der Waals surface area contributed by atoms with Gasteiger partial charge in [-0.3, -0.25) is 0 Å². The molecule has 0 aliphatic heterocycles. The minimum absolute atomic E-state index is 0.0531. The average molecular weight is 243 g/mol. The van der Waals surface area contributed by atoms with E-state index in [1.807, 2.05) is 39.0 Å². The Balaban J connectivity index is 2.58. The van der Waals surface area contributed by atoms with Crippen LogP contribution in [0.3, 0.4) is 0 Å². The predicted octanol–water partition coefficient (Wildman–Crippen LogP) is 2.58. The molecule has 1 rings (SSSR count). The van der Waals surface area contributed by atoms with Crippen LogP contribution in [0.5, 0.6) is 0 Å². The molecule has 1 aromatic carbocycles. The summed E-state index contributed by atoms with van der Waals surface area (Å²) in [5.41, 5.74) is 3.41. The van der Waals surface area contributed by atoms with Gasteiger partial charge in [-0.2, -0.15) is 0 Å². The van der Waals surface area contributed by atoms with Crippen LogP contribution in [0.1, 0.15) is 29.7 Å². The maximum atomic E-state index is 12.1. The van der Waals surface area contributed by atoms with Crippen LogP contribution in [-0.4, -0.2) is 24.2 Å². The highest BCUT2D eigenvalue weighted by atomic mass is 19.3. The molecule has 0 aliphatic carbocycles.